The highest BCUT2D eigenvalue weighted by molar-refractivity contribution is 6.05. The standard InChI is InChI=1S/C14H14N2O3/c1-9(17)10-7-12(15-8-10)14(18)16-11-5-3-4-6-13(11)19-2/h3-8,15H,1-2H3,(H,16,18). The molecule has 0 fully saturated rings. The van der Waals surface area contributed by atoms with Crippen LogP contribution in [0.15, 0.2) is 36.5 Å². The number of rotatable bonds is 4. The average Bonchev–Trinajstić information content (AvgIpc) is 2.89. The van der Waals surface area contributed by atoms with Crippen LogP contribution < -0.4 is 10.1 Å². The second-order valence-corrected chi connectivity index (χ2v) is 4.01. The van der Waals surface area contributed by atoms with Gasteiger partial charge >= 0.3 is 0 Å². The maximum Gasteiger partial charge on any atom is 0.272 e. The van der Waals surface area contributed by atoms with Gasteiger partial charge in [0.15, 0.2) is 5.78 Å². The summed E-state index contributed by atoms with van der Waals surface area (Å²) in [5.74, 6) is 0.166. The van der Waals surface area contributed by atoms with E-state index in [1.54, 1.807) is 18.2 Å². The van der Waals surface area contributed by atoms with Crippen molar-refractivity contribution in [3.05, 3.63) is 47.8 Å². The van der Waals surface area contributed by atoms with Crippen LogP contribution in [0.4, 0.5) is 5.69 Å². The molecule has 5 nitrogen and oxygen atoms in total. The summed E-state index contributed by atoms with van der Waals surface area (Å²) < 4.78 is 5.15. The Bertz CT molecular complexity index is 617. The van der Waals surface area contributed by atoms with E-state index in [0.717, 1.165) is 0 Å². The number of amides is 1. The van der Waals surface area contributed by atoms with Crippen LogP contribution >= 0.6 is 0 Å². The maximum atomic E-state index is 12.0. The highest BCUT2D eigenvalue weighted by Gasteiger charge is 2.12. The fraction of sp³-hybridized carbons (Fsp3) is 0.143. The molecule has 0 atom stereocenters. The fourth-order valence-corrected chi connectivity index (χ4v) is 1.67. The van der Waals surface area contributed by atoms with E-state index in [-0.39, 0.29) is 11.7 Å². The third-order valence-electron chi connectivity index (χ3n) is 2.69. The SMILES string of the molecule is COc1ccccc1NC(=O)c1cc(C(C)=O)c[nH]1. The Labute approximate surface area is 110 Å². The van der Waals surface area contributed by atoms with Gasteiger partial charge in [-0.2, -0.15) is 0 Å². The predicted octanol–water partition coefficient (Wildman–Crippen LogP) is 2.48. The molecule has 19 heavy (non-hydrogen) atoms. The number of nitrogens with one attached hydrogen (secondary N) is 2. The lowest BCUT2D eigenvalue weighted by Gasteiger charge is -2.08. The molecule has 5 heteroatoms. The number of anilines is 1. The van der Waals surface area contributed by atoms with Crippen molar-refractivity contribution in [3.63, 3.8) is 0 Å². The highest BCUT2D eigenvalue weighted by Crippen LogP contribution is 2.23. The van der Waals surface area contributed by atoms with Crippen LogP contribution in [0.25, 0.3) is 0 Å². The summed E-state index contributed by atoms with van der Waals surface area (Å²) in [4.78, 5) is 25.9. The van der Waals surface area contributed by atoms with Crippen LogP contribution in [-0.4, -0.2) is 23.8 Å². The van der Waals surface area contributed by atoms with Gasteiger partial charge in [0.05, 0.1) is 12.8 Å². The maximum absolute atomic E-state index is 12.0. The molecule has 0 aliphatic rings. The van der Waals surface area contributed by atoms with Gasteiger partial charge in [0.25, 0.3) is 5.91 Å². The lowest BCUT2D eigenvalue weighted by Crippen LogP contribution is -2.12. The lowest BCUT2D eigenvalue weighted by molar-refractivity contribution is 0.101. The van der Waals surface area contributed by atoms with E-state index in [9.17, 15) is 9.59 Å². The van der Waals surface area contributed by atoms with Crippen molar-refractivity contribution >= 4 is 17.4 Å². The molecule has 0 bridgehead atoms. The first-order valence-corrected chi connectivity index (χ1v) is 5.75. The van der Waals surface area contributed by atoms with E-state index >= 15 is 0 Å². The number of methoxy groups -OCH3 is 1. The molecule has 0 saturated heterocycles. The highest BCUT2D eigenvalue weighted by atomic mass is 16.5. The number of hydrogen-bond donors (Lipinski definition) is 2. The summed E-state index contributed by atoms with van der Waals surface area (Å²) in [6.07, 6.45) is 1.51. The van der Waals surface area contributed by atoms with Crippen molar-refractivity contribution in [1.29, 1.82) is 0 Å². The van der Waals surface area contributed by atoms with Gasteiger partial charge in [-0.25, -0.2) is 0 Å². The lowest BCUT2D eigenvalue weighted by atomic mass is 10.2. The molecule has 0 radical (unpaired) electrons. The van der Waals surface area contributed by atoms with Crippen LogP contribution in [0.2, 0.25) is 0 Å². The second kappa shape index (κ2) is 5.39. The number of Topliss-reactive ketones (excluding diaryl/α,β-unsaturated/α-hetero) is 1. The number of H-pyrrole nitrogens is 1. The van der Waals surface area contributed by atoms with E-state index in [1.165, 1.54) is 26.3 Å². The Kier molecular flexibility index (Phi) is 3.66. The number of ether oxygens (including phenoxy) is 1. The molecule has 1 amide bonds. The average molecular weight is 258 g/mol. The van der Waals surface area contributed by atoms with E-state index < -0.39 is 0 Å². The number of benzene rings is 1. The molecule has 0 aliphatic heterocycles. The van der Waals surface area contributed by atoms with Gasteiger partial charge < -0.3 is 15.0 Å². The second-order valence-electron chi connectivity index (χ2n) is 4.01. The summed E-state index contributed by atoms with van der Waals surface area (Å²) in [7, 11) is 1.54. The molecule has 98 valence electrons. The third-order valence-corrected chi connectivity index (χ3v) is 2.69. The minimum Gasteiger partial charge on any atom is -0.495 e. The molecule has 2 rings (SSSR count). The predicted molar refractivity (Wildman–Crippen MR) is 71.7 cm³/mol. The van der Waals surface area contributed by atoms with Crippen LogP contribution in [-0.2, 0) is 0 Å². The number of aromatic nitrogens is 1. The largest absolute Gasteiger partial charge is 0.495 e. The normalized spacial score (nSPS) is 10.0. The van der Waals surface area contributed by atoms with Crippen LogP contribution in [0.3, 0.4) is 0 Å². The van der Waals surface area contributed by atoms with Gasteiger partial charge in [-0.3, -0.25) is 9.59 Å². The number of carbonyl (C=O) groups excluding carboxylic acids is 2. The van der Waals surface area contributed by atoms with E-state index in [0.29, 0.717) is 22.7 Å². The molecular formula is C14H14N2O3. The summed E-state index contributed by atoms with van der Waals surface area (Å²) in [5.41, 5.74) is 1.38. The topological polar surface area (TPSA) is 71.2 Å². The number of ketones is 1. The van der Waals surface area contributed by atoms with Gasteiger partial charge in [0.2, 0.25) is 0 Å². The first-order chi connectivity index (χ1) is 9.11. The Morgan fingerprint density at radius 3 is 2.63 bits per heavy atom. The van der Waals surface area contributed by atoms with Gasteiger partial charge in [-0.05, 0) is 25.1 Å². The molecule has 0 saturated carbocycles. The van der Waals surface area contributed by atoms with E-state index in [1.807, 2.05) is 6.07 Å². The van der Waals surface area contributed by atoms with Gasteiger partial charge in [-0.1, -0.05) is 12.1 Å². The van der Waals surface area contributed by atoms with Gasteiger partial charge in [-0.15, -0.1) is 0 Å². The first kappa shape index (κ1) is 12.9. The number of carbonyl (C=O) groups is 2. The number of hydrogen-bond acceptors (Lipinski definition) is 3. The number of para-hydroxylation sites is 2. The molecule has 1 heterocycles. The smallest absolute Gasteiger partial charge is 0.272 e. The molecule has 0 aliphatic carbocycles. The summed E-state index contributed by atoms with van der Waals surface area (Å²) >= 11 is 0. The van der Waals surface area contributed by atoms with Crippen molar-refractivity contribution in [2.45, 2.75) is 6.92 Å². The van der Waals surface area contributed by atoms with E-state index in [2.05, 4.69) is 10.3 Å². The zero-order valence-electron chi connectivity index (χ0n) is 10.7. The van der Waals surface area contributed by atoms with Crippen LogP contribution in [0.5, 0.6) is 5.75 Å². The first-order valence-electron chi connectivity index (χ1n) is 5.75. The van der Waals surface area contributed by atoms with Crippen molar-refractivity contribution in [1.82, 2.24) is 4.98 Å². The van der Waals surface area contributed by atoms with E-state index in [4.69, 9.17) is 4.74 Å². The molecular weight excluding hydrogens is 244 g/mol. The van der Waals surface area contributed by atoms with Gasteiger partial charge in [0, 0.05) is 11.8 Å². The Hall–Kier alpha value is -2.56. The van der Waals surface area contributed by atoms with Gasteiger partial charge in [0.1, 0.15) is 11.4 Å². The Morgan fingerprint density at radius 1 is 1.26 bits per heavy atom. The van der Waals surface area contributed by atoms with Crippen LogP contribution in [0, 0.1) is 0 Å². The molecule has 0 unspecified atom stereocenters. The number of aromatic amines is 1. The van der Waals surface area contributed by atoms with Crippen molar-refractivity contribution in [2.24, 2.45) is 0 Å². The minimum atomic E-state index is -0.322. The monoisotopic (exact) mass is 258 g/mol. The summed E-state index contributed by atoms with van der Waals surface area (Å²) in [6.45, 7) is 1.45. The molecule has 2 N–H and O–H groups in total. The fourth-order valence-electron chi connectivity index (χ4n) is 1.67. The summed E-state index contributed by atoms with van der Waals surface area (Å²) in [5, 5.41) is 2.72. The molecule has 1 aromatic heterocycles. The molecule has 2 aromatic rings. The minimum absolute atomic E-state index is 0.0902. The Balaban J connectivity index is 2.18. The van der Waals surface area contributed by atoms with Crippen LogP contribution in [0.1, 0.15) is 27.8 Å². The van der Waals surface area contributed by atoms with Crippen molar-refractivity contribution in [2.75, 3.05) is 12.4 Å². The quantitative estimate of drug-likeness (QED) is 0.827. The third kappa shape index (κ3) is 2.82. The summed E-state index contributed by atoms with van der Waals surface area (Å²) in [6, 6.07) is 8.63. The van der Waals surface area contributed by atoms with Crippen molar-refractivity contribution in [3.8, 4) is 5.75 Å². The van der Waals surface area contributed by atoms with Crippen molar-refractivity contribution < 1.29 is 14.3 Å². The Morgan fingerprint density at radius 2 is 2.00 bits per heavy atom. The molecule has 0 spiro atoms. The zero-order valence-corrected chi connectivity index (χ0v) is 10.7. The molecule has 1 aromatic carbocycles. The zero-order chi connectivity index (χ0) is 13.8.